The first-order valence-corrected chi connectivity index (χ1v) is 9.28. The standard InChI is InChI=1S/C19H20N2O2S/c22-18(16-13-15(16)14-5-2-1-3-6-14)20-8-10-21(11-9-20)19(23)17-7-4-12-24-17/h1-7,12,15-16H,8-11,13H2. The van der Waals surface area contributed by atoms with E-state index in [2.05, 4.69) is 12.1 Å². The molecule has 1 aromatic heterocycles. The molecule has 1 saturated carbocycles. The monoisotopic (exact) mass is 340 g/mol. The lowest BCUT2D eigenvalue weighted by molar-refractivity contribution is -0.134. The summed E-state index contributed by atoms with van der Waals surface area (Å²) < 4.78 is 0. The van der Waals surface area contributed by atoms with E-state index >= 15 is 0 Å². The van der Waals surface area contributed by atoms with Crippen molar-refractivity contribution in [2.24, 2.45) is 5.92 Å². The number of rotatable bonds is 3. The fraction of sp³-hybridized carbons (Fsp3) is 0.368. The minimum atomic E-state index is 0.0886. The van der Waals surface area contributed by atoms with Crippen molar-refractivity contribution >= 4 is 23.2 Å². The van der Waals surface area contributed by atoms with E-state index in [-0.39, 0.29) is 17.7 Å². The van der Waals surface area contributed by atoms with E-state index in [1.165, 1.54) is 16.9 Å². The molecule has 0 spiro atoms. The summed E-state index contributed by atoms with van der Waals surface area (Å²) in [4.78, 5) is 29.6. The second kappa shape index (κ2) is 6.40. The highest BCUT2D eigenvalue weighted by Gasteiger charge is 2.46. The average molecular weight is 340 g/mol. The zero-order valence-corrected chi connectivity index (χ0v) is 14.2. The van der Waals surface area contributed by atoms with Crippen molar-refractivity contribution in [1.29, 1.82) is 0 Å². The van der Waals surface area contributed by atoms with Gasteiger partial charge in [0.05, 0.1) is 4.88 Å². The highest BCUT2D eigenvalue weighted by molar-refractivity contribution is 7.12. The zero-order chi connectivity index (χ0) is 16.5. The smallest absolute Gasteiger partial charge is 0.264 e. The summed E-state index contributed by atoms with van der Waals surface area (Å²) in [6.45, 7) is 2.55. The van der Waals surface area contributed by atoms with Crippen molar-refractivity contribution in [2.75, 3.05) is 26.2 Å². The van der Waals surface area contributed by atoms with Crippen LogP contribution in [0.15, 0.2) is 47.8 Å². The van der Waals surface area contributed by atoms with E-state index in [0.29, 0.717) is 32.1 Å². The van der Waals surface area contributed by atoms with Gasteiger partial charge in [-0.2, -0.15) is 0 Å². The molecule has 5 heteroatoms. The minimum absolute atomic E-state index is 0.0886. The predicted octanol–water partition coefficient (Wildman–Crippen LogP) is 2.84. The van der Waals surface area contributed by atoms with Gasteiger partial charge in [0.1, 0.15) is 0 Å². The third kappa shape index (κ3) is 2.96. The SMILES string of the molecule is O=C(c1cccs1)N1CCN(C(=O)C2CC2c2ccccc2)CC1. The number of nitrogens with zero attached hydrogens (tertiary/aromatic N) is 2. The van der Waals surface area contributed by atoms with Crippen LogP contribution in [0.5, 0.6) is 0 Å². The van der Waals surface area contributed by atoms with Gasteiger partial charge in [0.15, 0.2) is 0 Å². The number of piperazine rings is 1. The molecule has 2 unspecified atom stereocenters. The topological polar surface area (TPSA) is 40.6 Å². The van der Waals surface area contributed by atoms with Gasteiger partial charge in [0.2, 0.25) is 5.91 Å². The Morgan fingerprint density at radius 3 is 2.29 bits per heavy atom. The summed E-state index contributed by atoms with van der Waals surface area (Å²) in [5.41, 5.74) is 1.27. The Kier molecular flexibility index (Phi) is 4.10. The summed E-state index contributed by atoms with van der Waals surface area (Å²) in [5.74, 6) is 0.856. The lowest BCUT2D eigenvalue weighted by Crippen LogP contribution is -2.51. The fourth-order valence-corrected chi connectivity index (χ4v) is 4.15. The van der Waals surface area contributed by atoms with Crippen LogP contribution in [0.1, 0.15) is 27.6 Å². The van der Waals surface area contributed by atoms with Crippen molar-refractivity contribution in [3.8, 4) is 0 Å². The molecular weight excluding hydrogens is 320 g/mol. The maximum Gasteiger partial charge on any atom is 0.264 e. The Bertz CT molecular complexity index is 721. The van der Waals surface area contributed by atoms with E-state index in [1.54, 1.807) is 0 Å². The van der Waals surface area contributed by atoms with Gasteiger partial charge in [-0.1, -0.05) is 36.4 Å². The Morgan fingerprint density at radius 1 is 0.917 bits per heavy atom. The molecule has 2 amide bonds. The van der Waals surface area contributed by atoms with Gasteiger partial charge in [-0.15, -0.1) is 11.3 Å². The lowest BCUT2D eigenvalue weighted by Gasteiger charge is -2.34. The molecular formula is C19H20N2O2S. The average Bonchev–Trinajstić information content (AvgIpc) is 3.26. The summed E-state index contributed by atoms with van der Waals surface area (Å²) >= 11 is 1.47. The van der Waals surface area contributed by atoms with Crippen molar-refractivity contribution < 1.29 is 9.59 Å². The number of thiophene rings is 1. The number of benzene rings is 1. The Labute approximate surface area is 145 Å². The van der Waals surface area contributed by atoms with Gasteiger partial charge in [-0.05, 0) is 29.3 Å². The number of hydrogen-bond donors (Lipinski definition) is 0. The third-order valence-electron chi connectivity index (χ3n) is 4.95. The normalized spacial score (nSPS) is 23.2. The van der Waals surface area contributed by atoms with Crippen molar-refractivity contribution in [2.45, 2.75) is 12.3 Å². The first-order valence-electron chi connectivity index (χ1n) is 8.40. The van der Waals surface area contributed by atoms with Crippen LogP contribution in [0.2, 0.25) is 0 Å². The molecule has 0 N–H and O–H groups in total. The third-order valence-corrected chi connectivity index (χ3v) is 5.80. The molecule has 1 aromatic carbocycles. The number of carbonyl (C=O) groups excluding carboxylic acids is 2. The van der Waals surface area contributed by atoms with Gasteiger partial charge in [0.25, 0.3) is 5.91 Å². The van der Waals surface area contributed by atoms with Gasteiger partial charge in [0, 0.05) is 32.1 Å². The maximum atomic E-state index is 12.7. The van der Waals surface area contributed by atoms with Crippen LogP contribution in [0, 0.1) is 5.92 Å². The number of carbonyl (C=O) groups is 2. The molecule has 24 heavy (non-hydrogen) atoms. The quantitative estimate of drug-likeness (QED) is 0.862. The van der Waals surface area contributed by atoms with Crippen LogP contribution >= 0.6 is 11.3 Å². The minimum Gasteiger partial charge on any atom is -0.339 e. The van der Waals surface area contributed by atoms with Crippen LogP contribution in [0.25, 0.3) is 0 Å². The highest BCUT2D eigenvalue weighted by atomic mass is 32.1. The predicted molar refractivity (Wildman–Crippen MR) is 94.1 cm³/mol. The van der Waals surface area contributed by atoms with Crippen molar-refractivity contribution in [3.05, 3.63) is 58.3 Å². The second-order valence-corrected chi connectivity index (χ2v) is 7.40. The Hall–Kier alpha value is -2.14. The molecule has 1 saturated heterocycles. The van der Waals surface area contributed by atoms with E-state index in [0.717, 1.165) is 11.3 Å². The van der Waals surface area contributed by atoms with E-state index in [9.17, 15) is 9.59 Å². The van der Waals surface area contributed by atoms with E-state index < -0.39 is 0 Å². The van der Waals surface area contributed by atoms with Crippen LogP contribution in [0.3, 0.4) is 0 Å². The fourth-order valence-electron chi connectivity index (χ4n) is 3.46. The first-order chi connectivity index (χ1) is 11.7. The lowest BCUT2D eigenvalue weighted by atomic mass is 10.1. The molecule has 0 bridgehead atoms. The molecule has 1 aliphatic heterocycles. The molecule has 4 rings (SSSR count). The highest BCUT2D eigenvalue weighted by Crippen LogP contribution is 2.48. The van der Waals surface area contributed by atoms with E-state index in [1.807, 2.05) is 45.5 Å². The molecule has 0 radical (unpaired) electrons. The van der Waals surface area contributed by atoms with Gasteiger partial charge < -0.3 is 9.80 Å². The second-order valence-electron chi connectivity index (χ2n) is 6.45. The molecule has 2 atom stereocenters. The van der Waals surface area contributed by atoms with Gasteiger partial charge in [-0.25, -0.2) is 0 Å². The number of amides is 2. The van der Waals surface area contributed by atoms with Crippen LogP contribution in [-0.4, -0.2) is 47.8 Å². The summed E-state index contributed by atoms with van der Waals surface area (Å²) in [7, 11) is 0. The largest absolute Gasteiger partial charge is 0.339 e. The van der Waals surface area contributed by atoms with Gasteiger partial charge >= 0.3 is 0 Å². The molecule has 1 aliphatic carbocycles. The summed E-state index contributed by atoms with van der Waals surface area (Å²) in [5, 5.41) is 1.92. The first kappa shape index (κ1) is 15.4. The molecule has 2 aromatic rings. The molecule has 2 heterocycles. The summed E-state index contributed by atoms with van der Waals surface area (Å²) in [6, 6.07) is 14.0. The molecule has 4 nitrogen and oxygen atoms in total. The molecule has 2 aliphatic rings. The zero-order valence-electron chi connectivity index (χ0n) is 13.4. The van der Waals surface area contributed by atoms with Crippen LogP contribution in [0.4, 0.5) is 0 Å². The molecule has 2 fully saturated rings. The van der Waals surface area contributed by atoms with Crippen molar-refractivity contribution in [1.82, 2.24) is 9.80 Å². The van der Waals surface area contributed by atoms with Crippen LogP contribution < -0.4 is 0 Å². The van der Waals surface area contributed by atoms with Gasteiger partial charge in [-0.3, -0.25) is 9.59 Å². The van der Waals surface area contributed by atoms with Crippen LogP contribution in [-0.2, 0) is 4.79 Å². The Morgan fingerprint density at radius 2 is 1.62 bits per heavy atom. The molecule has 124 valence electrons. The van der Waals surface area contributed by atoms with Crippen molar-refractivity contribution in [3.63, 3.8) is 0 Å². The maximum absolute atomic E-state index is 12.7. The Balaban J connectivity index is 1.32. The number of hydrogen-bond acceptors (Lipinski definition) is 3. The summed E-state index contributed by atoms with van der Waals surface area (Å²) in [6.07, 6.45) is 0.956. The van der Waals surface area contributed by atoms with E-state index in [4.69, 9.17) is 0 Å².